The van der Waals surface area contributed by atoms with Crippen LogP contribution < -0.4 is 0 Å². The first-order valence-corrected chi connectivity index (χ1v) is 12.5. The second-order valence-corrected chi connectivity index (χ2v) is 10.00. The number of hydrogen-bond donors (Lipinski definition) is 1. The van der Waals surface area contributed by atoms with E-state index in [1.54, 1.807) is 0 Å². The highest BCUT2D eigenvalue weighted by Gasteiger charge is 2.96. The van der Waals surface area contributed by atoms with Crippen molar-refractivity contribution in [1.82, 2.24) is 4.31 Å². The monoisotopic (exact) mass is 703 g/mol. The van der Waals surface area contributed by atoms with E-state index in [1.807, 2.05) is 0 Å². The van der Waals surface area contributed by atoms with Crippen LogP contribution in [0.5, 0.6) is 0 Å². The molecule has 0 saturated carbocycles. The van der Waals surface area contributed by atoms with Gasteiger partial charge in [0.2, 0.25) is 0 Å². The maximum atomic E-state index is 14.3. The molecular weight excluding hydrogens is 681 g/mol. The zero-order valence-electron chi connectivity index (χ0n) is 21.1. The highest BCUT2D eigenvalue weighted by Crippen LogP contribution is 2.64. The zero-order chi connectivity index (χ0) is 34.6. The molecule has 43 heavy (non-hydrogen) atoms. The Bertz CT molecular complexity index is 990. The van der Waals surface area contributed by atoms with Crippen LogP contribution in [0.3, 0.4) is 0 Å². The van der Waals surface area contributed by atoms with E-state index < -0.39 is 87.6 Å². The summed E-state index contributed by atoms with van der Waals surface area (Å²) in [6.45, 7) is -4.50. The number of nitrogens with zero attached hydrogens (tertiary/aromatic N) is 1. The fraction of sp³-hybridized carbons (Fsp3) is 1.00. The van der Waals surface area contributed by atoms with Crippen LogP contribution in [-0.4, -0.2) is 124 Å². The maximum Gasteiger partial charge on any atom is 0.460 e. The molecular formula is C18H22F17NO6S. The third-order valence-corrected chi connectivity index (χ3v) is 7.20. The van der Waals surface area contributed by atoms with Gasteiger partial charge in [0.05, 0.1) is 46.2 Å². The fourth-order valence-corrected chi connectivity index (χ4v) is 4.13. The lowest BCUT2D eigenvalue weighted by atomic mass is 9.91. The van der Waals surface area contributed by atoms with Gasteiger partial charge in [0.1, 0.15) is 0 Å². The van der Waals surface area contributed by atoms with Gasteiger partial charge in [0.25, 0.3) is 10.0 Å². The predicted molar refractivity (Wildman–Crippen MR) is 106 cm³/mol. The second kappa shape index (κ2) is 13.9. The van der Waals surface area contributed by atoms with Gasteiger partial charge in [-0.25, -0.2) is 8.42 Å². The van der Waals surface area contributed by atoms with Gasteiger partial charge in [0.15, 0.2) is 0 Å². The van der Waals surface area contributed by atoms with E-state index >= 15 is 0 Å². The van der Waals surface area contributed by atoms with E-state index in [4.69, 9.17) is 19.3 Å². The quantitative estimate of drug-likeness (QED) is 0.147. The first-order chi connectivity index (χ1) is 19.0. The number of sulfonamides is 1. The van der Waals surface area contributed by atoms with E-state index in [2.05, 4.69) is 0 Å². The number of hydrogen-bond acceptors (Lipinski definition) is 6. The Hall–Kier alpha value is -1.44. The zero-order valence-corrected chi connectivity index (χ0v) is 21.9. The molecule has 25 heteroatoms. The third-order valence-electron chi connectivity index (χ3n) is 5.17. The predicted octanol–water partition coefficient (Wildman–Crippen LogP) is 4.65. The Morgan fingerprint density at radius 1 is 0.535 bits per heavy atom. The molecule has 0 aromatic carbocycles. The molecule has 0 heterocycles. The van der Waals surface area contributed by atoms with E-state index in [0.717, 1.165) is 0 Å². The van der Waals surface area contributed by atoms with Crippen LogP contribution in [0, 0.1) is 0 Å². The minimum absolute atomic E-state index is 0.0241. The smallest absolute Gasteiger partial charge is 0.394 e. The Balaban J connectivity index is 6.08. The number of halogens is 17. The van der Waals surface area contributed by atoms with Crippen LogP contribution in [0.25, 0.3) is 0 Å². The van der Waals surface area contributed by atoms with Gasteiger partial charge in [-0.15, -0.1) is 0 Å². The van der Waals surface area contributed by atoms with E-state index in [1.165, 1.54) is 0 Å². The highest BCUT2D eigenvalue weighted by atomic mass is 32.2. The standard InChI is InChI=1S/C18H22F17NO6S/c1-2-36(3-5-40-7-9-42-10-8-41-6-4-37)43(38,39)18(34,35)16(29,30)14(25,26)12(21,22)11(19,20)13(23,24)15(27,28)17(31,32)33/h37H,2-10H2,1H3. The number of rotatable bonds is 20. The molecule has 0 radical (unpaired) electrons. The molecule has 0 rings (SSSR count). The summed E-state index contributed by atoms with van der Waals surface area (Å²) in [6.07, 6.45) is -7.90. The molecule has 0 aromatic rings. The van der Waals surface area contributed by atoms with Gasteiger partial charge in [0, 0.05) is 13.1 Å². The van der Waals surface area contributed by atoms with Crippen LogP contribution >= 0.6 is 0 Å². The summed E-state index contributed by atoms with van der Waals surface area (Å²) in [5.41, 5.74) is 0. The molecule has 0 aliphatic heterocycles. The average Bonchev–Trinajstić information content (AvgIpc) is 2.85. The Morgan fingerprint density at radius 3 is 1.21 bits per heavy atom. The van der Waals surface area contributed by atoms with Crippen molar-refractivity contribution >= 4 is 10.0 Å². The Morgan fingerprint density at radius 2 is 0.860 bits per heavy atom. The molecule has 7 nitrogen and oxygen atoms in total. The molecule has 0 aliphatic carbocycles. The summed E-state index contributed by atoms with van der Waals surface area (Å²) in [5, 5.41) is 0.850. The van der Waals surface area contributed by atoms with E-state index in [9.17, 15) is 83.1 Å². The lowest BCUT2D eigenvalue weighted by Crippen LogP contribution is -2.75. The van der Waals surface area contributed by atoms with Crippen molar-refractivity contribution in [2.45, 2.75) is 53.9 Å². The summed E-state index contributed by atoms with van der Waals surface area (Å²) in [6, 6.07) is 0. The van der Waals surface area contributed by atoms with Crippen molar-refractivity contribution < 1.29 is 102 Å². The molecule has 0 saturated heterocycles. The SMILES string of the molecule is CCN(CCOCCOCCOCCO)S(=O)(=O)C(F)(F)C(F)(F)C(F)(F)C(F)(F)C(F)(F)C(F)(F)C(F)(F)C(F)(F)F. The minimum atomic E-state index is -8.88. The van der Waals surface area contributed by atoms with Crippen LogP contribution in [0.15, 0.2) is 0 Å². The lowest BCUT2D eigenvalue weighted by Gasteiger charge is -2.43. The lowest BCUT2D eigenvalue weighted by molar-refractivity contribution is -0.458. The molecule has 0 aliphatic rings. The summed E-state index contributed by atoms with van der Waals surface area (Å²) in [5.74, 6) is -51.9. The van der Waals surface area contributed by atoms with Crippen LogP contribution in [0.4, 0.5) is 74.6 Å². The number of aliphatic hydroxyl groups excluding tert-OH is 1. The average molecular weight is 703 g/mol. The molecule has 1 N–H and O–H groups in total. The molecule has 0 spiro atoms. The maximum absolute atomic E-state index is 14.3. The Labute approximate surface area is 230 Å². The van der Waals surface area contributed by atoms with Gasteiger partial charge in [-0.3, -0.25) is 0 Å². The number of aliphatic hydroxyl groups is 1. The van der Waals surface area contributed by atoms with Gasteiger partial charge in [-0.05, 0) is 0 Å². The number of ether oxygens (including phenoxy) is 3. The summed E-state index contributed by atoms with van der Waals surface area (Å²) < 4.78 is 266. The summed E-state index contributed by atoms with van der Waals surface area (Å²) >= 11 is 0. The third kappa shape index (κ3) is 7.35. The highest BCUT2D eigenvalue weighted by molar-refractivity contribution is 7.90. The van der Waals surface area contributed by atoms with Crippen molar-refractivity contribution in [2.75, 3.05) is 59.3 Å². The van der Waals surface area contributed by atoms with Gasteiger partial charge in [-0.1, -0.05) is 6.92 Å². The second-order valence-electron chi connectivity index (χ2n) is 8.02. The topological polar surface area (TPSA) is 85.3 Å². The largest absolute Gasteiger partial charge is 0.460 e. The van der Waals surface area contributed by atoms with E-state index in [-0.39, 0.29) is 33.0 Å². The summed E-state index contributed by atoms with van der Waals surface area (Å²) in [4.78, 5) is 0. The normalized spacial score (nSPS) is 15.4. The van der Waals surface area contributed by atoms with Gasteiger partial charge < -0.3 is 19.3 Å². The molecule has 0 unspecified atom stereocenters. The van der Waals surface area contributed by atoms with Crippen molar-refractivity contribution in [3.63, 3.8) is 0 Å². The van der Waals surface area contributed by atoms with E-state index in [0.29, 0.717) is 6.92 Å². The first kappa shape index (κ1) is 41.6. The minimum Gasteiger partial charge on any atom is -0.394 e. The molecule has 0 fully saturated rings. The molecule has 0 amide bonds. The molecule has 0 bridgehead atoms. The molecule has 0 atom stereocenters. The van der Waals surface area contributed by atoms with Crippen molar-refractivity contribution in [3.05, 3.63) is 0 Å². The fourth-order valence-electron chi connectivity index (χ4n) is 2.69. The molecule has 0 aromatic heterocycles. The van der Waals surface area contributed by atoms with Crippen molar-refractivity contribution in [1.29, 1.82) is 0 Å². The number of alkyl halides is 17. The summed E-state index contributed by atoms with van der Waals surface area (Å²) in [7, 11) is -7.37. The molecule has 260 valence electrons. The first-order valence-electron chi connectivity index (χ1n) is 11.1. The van der Waals surface area contributed by atoms with Crippen molar-refractivity contribution in [2.24, 2.45) is 0 Å². The van der Waals surface area contributed by atoms with Gasteiger partial charge >= 0.3 is 47.0 Å². The van der Waals surface area contributed by atoms with Gasteiger partial charge in [-0.2, -0.15) is 78.9 Å². The van der Waals surface area contributed by atoms with Crippen molar-refractivity contribution in [3.8, 4) is 0 Å². The van der Waals surface area contributed by atoms with Crippen LogP contribution in [0.2, 0.25) is 0 Å². The number of likely N-dealkylation sites (N-methyl/N-ethyl adjacent to an activating group) is 1. The van der Waals surface area contributed by atoms with Crippen LogP contribution in [0.1, 0.15) is 6.92 Å². The van der Waals surface area contributed by atoms with Crippen LogP contribution in [-0.2, 0) is 24.2 Å². The Kier molecular flexibility index (Phi) is 13.4.